The number of benzene rings is 8. The second kappa shape index (κ2) is 13.0. The minimum absolute atomic E-state index is 0.236. The summed E-state index contributed by atoms with van der Waals surface area (Å²) in [4.78, 5) is 17.2. The molecule has 0 radical (unpaired) electrons. The Bertz CT molecular complexity index is 3020. The van der Waals surface area contributed by atoms with E-state index in [0.717, 1.165) is 38.8 Å². The molecule has 0 saturated heterocycles. The predicted octanol–water partition coefficient (Wildman–Crippen LogP) is 13.4. The predicted molar refractivity (Wildman–Crippen MR) is 230 cm³/mol. The van der Waals surface area contributed by atoms with Crippen LogP contribution in [0.4, 0.5) is 0 Å². The van der Waals surface area contributed by atoms with Crippen LogP contribution in [-0.2, 0) is 0 Å². The number of nitrogens with zero attached hydrogens (tertiary/aromatic N) is 3. The van der Waals surface area contributed by atoms with Crippen LogP contribution in [-0.4, -0.2) is 20.2 Å². The van der Waals surface area contributed by atoms with E-state index in [1.807, 2.05) is 11.8 Å². The van der Waals surface area contributed by atoms with E-state index in [9.17, 15) is 0 Å². The lowest BCUT2D eigenvalue weighted by Crippen LogP contribution is -2.09. The van der Waals surface area contributed by atoms with Gasteiger partial charge in [0, 0.05) is 32.8 Å². The molecule has 9 aromatic rings. The quantitative estimate of drug-likeness (QED) is 0.166. The second-order valence-corrected chi connectivity index (χ2v) is 15.5. The summed E-state index contributed by atoms with van der Waals surface area (Å²) in [6.45, 7) is 0. The van der Waals surface area contributed by atoms with Crippen molar-refractivity contribution in [3.63, 3.8) is 0 Å². The van der Waals surface area contributed by atoms with E-state index in [1.54, 1.807) is 0 Å². The molecule has 1 aliphatic carbocycles. The highest BCUT2D eigenvalue weighted by Crippen LogP contribution is 2.52. The number of allylic oxidation sites excluding steroid dienone is 3. The zero-order chi connectivity index (χ0) is 36.3. The number of fused-ring (bicyclic) bond motifs is 8. The second-order valence-electron chi connectivity index (χ2n) is 14.3. The van der Waals surface area contributed by atoms with Crippen molar-refractivity contribution in [2.45, 2.75) is 16.1 Å². The van der Waals surface area contributed by atoms with Crippen LogP contribution in [0.15, 0.2) is 193 Å². The smallest absolute Gasteiger partial charge is 0.164 e. The lowest BCUT2D eigenvalue weighted by atomic mass is 9.87. The lowest BCUT2D eigenvalue weighted by molar-refractivity contribution is 0.879. The van der Waals surface area contributed by atoms with Crippen molar-refractivity contribution < 1.29 is 0 Å². The molecule has 1 aromatic heterocycles. The van der Waals surface area contributed by atoms with E-state index in [4.69, 9.17) is 15.0 Å². The Morgan fingerprint density at radius 2 is 0.982 bits per heavy atom. The van der Waals surface area contributed by atoms with Crippen LogP contribution in [0.1, 0.15) is 11.5 Å². The molecule has 0 spiro atoms. The summed E-state index contributed by atoms with van der Waals surface area (Å²) in [5, 5.41) is 7.72. The van der Waals surface area contributed by atoms with Gasteiger partial charge in [0.25, 0.3) is 0 Å². The highest BCUT2D eigenvalue weighted by atomic mass is 32.2. The largest absolute Gasteiger partial charge is 0.208 e. The van der Waals surface area contributed by atoms with Crippen molar-refractivity contribution in [2.75, 3.05) is 0 Å². The maximum Gasteiger partial charge on any atom is 0.164 e. The van der Waals surface area contributed by atoms with E-state index in [2.05, 4.69) is 188 Å². The van der Waals surface area contributed by atoms with Gasteiger partial charge in [0.2, 0.25) is 0 Å². The summed E-state index contributed by atoms with van der Waals surface area (Å²) in [6.07, 6.45) is 9.00. The van der Waals surface area contributed by atoms with Crippen molar-refractivity contribution in [2.24, 2.45) is 0 Å². The highest BCUT2D eigenvalue weighted by Gasteiger charge is 2.35. The summed E-state index contributed by atoms with van der Waals surface area (Å²) >= 11 is 1.93. The SMILES string of the molecule is C1=CC2Sc3cc(-c4ccccc4)cc(-c4nc(-c5cccc(-c6ccccc6)c5)nc(-c5ccc6c(ccc7c8ccccc8ccc67)c5)n4)c3C2C=C1. The van der Waals surface area contributed by atoms with E-state index >= 15 is 0 Å². The van der Waals surface area contributed by atoms with Crippen LogP contribution < -0.4 is 0 Å². The Balaban J connectivity index is 1.13. The lowest BCUT2D eigenvalue weighted by Gasteiger charge is -2.18. The van der Waals surface area contributed by atoms with Crippen LogP contribution in [0.5, 0.6) is 0 Å². The van der Waals surface area contributed by atoms with Gasteiger partial charge < -0.3 is 0 Å². The molecule has 55 heavy (non-hydrogen) atoms. The third-order valence-corrected chi connectivity index (χ3v) is 12.3. The number of rotatable bonds is 5. The topological polar surface area (TPSA) is 38.7 Å². The summed E-state index contributed by atoms with van der Waals surface area (Å²) in [7, 11) is 0. The van der Waals surface area contributed by atoms with Gasteiger partial charge in [-0.2, -0.15) is 0 Å². The fourth-order valence-corrected chi connectivity index (χ4v) is 9.75. The molecule has 3 nitrogen and oxygen atoms in total. The molecule has 0 N–H and O–H groups in total. The van der Waals surface area contributed by atoms with Gasteiger partial charge >= 0.3 is 0 Å². The Labute approximate surface area is 323 Å². The first kappa shape index (κ1) is 31.9. The Kier molecular flexibility index (Phi) is 7.56. The molecule has 0 saturated carbocycles. The van der Waals surface area contributed by atoms with Crippen LogP contribution in [0.3, 0.4) is 0 Å². The molecule has 1 aliphatic heterocycles. The first-order valence-corrected chi connectivity index (χ1v) is 19.6. The van der Waals surface area contributed by atoms with Crippen molar-refractivity contribution in [1.82, 2.24) is 15.0 Å². The maximum absolute atomic E-state index is 5.37. The van der Waals surface area contributed by atoms with Gasteiger partial charge in [-0.15, -0.1) is 11.8 Å². The Hall–Kier alpha value is -6.62. The van der Waals surface area contributed by atoms with Crippen LogP contribution in [0, 0.1) is 0 Å². The minimum Gasteiger partial charge on any atom is -0.208 e. The monoisotopic (exact) mass is 719 g/mol. The number of thioether (sulfide) groups is 1. The van der Waals surface area contributed by atoms with E-state index in [1.165, 1.54) is 43.0 Å². The van der Waals surface area contributed by atoms with E-state index in [0.29, 0.717) is 22.7 Å². The molecule has 0 bridgehead atoms. The third kappa shape index (κ3) is 5.57. The molecule has 2 aliphatic rings. The molecule has 2 atom stereocenters. The summed E-state index contributed by atoms with van der Waals surface area (Å²) in [5.41, 5.74) is 8.86. The number of aromatic nitrogens is 3. The molecule has 258 valence electrons. The maximum atomic E-state index is 5.37. The zero-order valence-corrected chi connectivity index (χ0v) is 30.6. The Morgan fingerprint density at radius 1 is 0.382 bits per heavy atom. The number of hydrogen-bond acceptors (Lipinski definition) is 4. The van der Waals surface area contributed by atoms with E-state index < -0.39 is 0 Å². The molecule has 2 heterocycles. The summed E-state index contributed by atoms with van der Waals surface area (Å²) < 4.78 is 0. The highest BCUT2D eigenvalue weighted by molar-refractivity contribution is 8.00. The van der Waals surface area contributed by atoms with Crippen molar-refractivity contribution in [3.8, 4) is 56.4 Å². The van der Waals surface area contributed by atoms with Crippen molar-refractivity contribution in [3.05, 3.63) is 194 Å². The first-order chi connectivity index (χ1) is 27.2. The molecule has 8 aromatic carbocycles. The molecule has 0 amide bonds. The van der Waals surface area contributed by atoms with Crippen molar-refractivity contribution >= 4 is 44.1 Å². The summed E-state index contributed by atoms with van der Waals surface area (Å²) in [5.74, 6) is 2.24. The fourth-order valence-electron chi connectivity index (χ4n) is 8.35. The van der Waals surface area contributed by atoms with Crippen LogP contribution in [0.25, 0.3) is 88.7 Å². The zero-order valence-electron chi connectivity index (χ0n) is 29.8. The average molecular weight is 720 g/mol. The van der Waals surface area contributed by atoms with Crippen LogP contribution in [0.2, 0.25) is 0 Å². The van der Waals surface area contributed by atoms with Gasteiger partial charge in [0.15, 0.2) is 17.5 Å². The standard InChI is InChI=1S/C51H33N3S/c1-3-12-32(13-4-1)35-17-11-18-37(28-35)49-52-50(38-24-25-41-36(29-38)23-27-42-40-19-8-7-16-34(40)22-26-43(41)42)54-51(53-49)45-30-39(33-14-5-2-6-15-33)31-47-48(45)44-20-9-10-21-46(44)55-47/h1-31,44,46H. The average Bonchev–Trinajstić information content (AvgIpc) is 3.65. The van der Waals surface area contributed by atoms with Gasteiger partial charge in [0.1, 0.15) is 0 Å². The first-order valence-electron chi connectivity index (χ1n) is 18.8. The van der Waals surface area contributed by atoms with E-state index in [-0.39, 0.29) is 5.92 Å². The van der Waals surface area contributed by atoms with Gasteiger partial charge in [-0.25, -0.2) is 15.0 Å². The Morgan fingerprint density at radius 3 is 1.78 bits per heavy atom. The summed E-state index contributed by atoms with van der Waals surface area (Å²) in [6, 6.07) is 58.5. The van der Waals surface area contributed by atoms with Gasteiger partial charge in [0.05, 0.1) is 0 Å². The molecular weight excluding hydrogens is 687 g/mol. The van der Waals surface area contributed by atoms with Crippen LogP contribution >= 0.6 is 11.8 Å². The molecule has 11 rings (SSSR count). The fraction of sp³-hybridized carbons (Fsp3) is 0.0392. The molecule has 2 unspecified atom stereocenters. The van der Waals surface area contributed by atoms with Gasteiger partial charge in [-0.3, -0.25) is 0 Å². The van der Waals surface area contributed by atoms with Gasteiger partial charge in [-0.05, 0) is 84.4 Å². The number of hydrogen-bond donors (Lipinski definition) is 0. The molecule has 0 fully saturated rings. The minimum atomic E-state index is 0.236. The van der Waals surface area contributed by atoms with Gasteiger partial charge in [-0.1, -0.05) is 164 Å². The normalized spacial score (nSPS) is 15.8. The molecule has 4 heteroatoms. The third-order valence-electron chi connectivity index (χ3n) is 11.0. The molecular formula is C51H33N3S. The van der Waals surface area contributed by atoms with Crippen molar-refractivity contribution in [1.29, 1.82) is 0 Å².